The third-order valence-corrected chi connectivity index (χ3v) is 4.11. The third-order valence-electron chi connectivity index (χ3n) is 3.62. The molecule has 0 bridgehead atoms. The number of anilines is 1. The Morgan fingerprint density at radius 3 is 2.22 bits per heavy atom. The first-order valence-corrected chi connectivity index (χ1v) is 7.38. The van der Waals surface area contributed by atoms with E-state index >= 15 is 0 Å². The third kappa shape index (κ3) is 2.58. The van der Waals surface area contributed by atoms with Gasteiger partial charge in [0.2, 0.25) is 0 Å². The second-order valence-corrected chi connectivity index (χ2v) is 5.89. The Kier molecular flexibility index (Phi) is 3.83. The molecule has 0 saturated carbocycles. The summed E-state index contributed by atoms with van der Waals surface area (Å²) in [4.78, 5) is 37.6. The Morgan fingerprint density at radius 2 is 1.61 bits per heavy atom. The first-order valence-electron chi connectivity index (χ1n) is 6.63. The van der Waals surface area contributed by atoms with Crippen molar-refractivity contribution in [3.8, 4) is 0 Å². The molecule has 1 heterocycles. The monoisotopic (exact) mass is 348 g/mol. The van der Waals surface area contributed by atoms with Gasteiger partial charge >= 0.3 is 6.03 Å². The van der Waals surface area contributed by atoms with Crippen molar-refractivity contribution in [2.45, 2.75) is 5.92 Å². The highest BCUT2D eigenvalue weighted by Gasteiger charge is 2.44. The van der Waals surface area contributed by atoms with Crippen LogP contribution in [-0.2, 0) is 4.79 Å². The molecule has 0 spiro atoms. The predicted octanol–water partition coefficient (Wildman–Crippen LogP) is 3.39. The smallest absolute Gasteiger partial charge is 0.326 e. The molecule has 1 aliphatic heterocycles. The summed E-state index contributed by atoms with van der Waals surface area (Å²) in [6.07, 6.45) is 0. The van der Waals surface area contributed by atoms with Crippen LogP contribution in [0, 0.1) is 0 Å². The predicted molar refractivity (Wildman–Crippen MR) is 87.0 cm³/mol. The molecule has 3 amide bonds. The number of benzene rings is 2. The van der Waals surface area contributed by atoms with Gasteiger partial charge in [0, 0.05) is 15.6 Å². The molecule has 0 fully saturated rings. The normalized spacial score (nSPS) is 16.3. The van der Waals surface area contributed by atoms with Gasteiger partial charge in [-0.1, -0.05) is 23.2 Å². The molecule has 1 aliphatic rings. The molecule has 2 aromatic rings. The molecular weight excluding hydrogens is 339 g/mol. The average molecular weight is 349 g/mol. The summed E-state index contributed by atoms with van der Waals surface area (Å²) in [6.45, 7) is 0. The molecule has 2 N–H and O–H groups in total. The lowest BCUT2D eigenvalue weighted by Crippen LogP contribution is -2.40. The highest BCUT2D eigenvalue weighted by atomic mass is 35.5. The molecule has 23 heavy (non-hydrogen) atoms. The molecule has 116 valence electrons. The van der Waals surface area contributed by atoms with Crippen molar-refractivity contribution in [1.29, 1.82) is 0 Å². The topological polar surface area (TPSA) is 80.5 Å². The zero-order valence-electron chi connectivity index (χ0n) is 11.6. The molecule has 0 saturated heterocycles. The molecule has 1 atom stereocenters. The van der Waals surface area contributed by atoms with Crippen LogP contribution in [0.2, 0.25) is 10.0 Å². The summed E-state index contributed by atoms with van der Waals surface area (Å²) in [5, 5.41) is 0.832. The maximum atomic E-state index is 12.7. The molecule has 2 aromatic carbocycles. The van der Waals surface area contributed by atoms with Gasteiger partial charge in [0.05, 0.1) is 5.69 Å². The highest BCUT2D eigenvalue weighted by Crippen LogP contribution is 2.40. The van der Waals surface area contributed by atoms with Gasteiger partial charge in [-0.25, -0.2) is 9.69 Å². The molecule has 7 heteroatoms. The van der Waals surface area contributed by atoms with Crippen LogP contribution in [0.15, 0.2) is 42.5 Å². The number of nitrogens with two attached hydrogens (primary N) is 1. The van der Waals surface area contributed by atoms with Gasteiger partial charge in [0.25, 0.3) is 5.91 Å². The summed E-state index contributed by atoms with van der Waals surface area (Å²) in [5.74, 6) is -2.29. The van der Waals surface area contributed by atoms with Gasteiger partial charge in [0.15, 0.2) is 5.78 Å². The number of halogens is 2. The average Bonchev–Trinajstić information content (AvgIpc) is 2.78. The fourth-order valence-corrected chi connectivity index (χ4v) is 2.91. The van der Waals surface area contributed by atoms with Crippen molar-refractivity contribution in [2.75, 3.05) is 4.90 Å². The SMILES string of the molecule is NC(=O)N1C(=O)C(C(=O)c2ccc(Cl)cc2)c2cc(Cl)ccc21. The van der Waals surface area contributed by atoms with Crippen molar-refractivity contribution in [1.82, 2.24) is 0 Å². The van der Waals surface area contributed by atoms with E-state index in [2.05, 4.69) is 0 Å². The zero-order valence-corrected chi connectivity index (χ0v) is 13.1. The minimum Gasteiger partial charge on any atom is -0.351 e. The highest BCUT2D eigenvalue weighted by molar-refractivity contribution is 6.33. The number of hydrogen-bond donors (Lipinski definition) is 1. The van der Waals surface area contributed by atoms with Crippen LogP contribution < -0.4 is 10.6 Å². The Balaban J connectivity index is 2.11. The number of Topliss-reactive ketones (excluding diaryl/α,β-unsaturated/α-hetero) is 1. The van der Waals surface area contributed by atoms with Crippen LogP contribution in [-0.4, -0.2) is 17.7 Å². The number of hydrogen-bond acceptors (Lipinski definition) is 3. The van der Waals surface area contributed by atoms with Crippen molar-refractivity contribution in [3.63, 3.8) is 0 Å². The number of imide groups is 1. The van der Waals surface area contributed by atoms with E-state index in [1.807, 2.05) is 0 Å². The van der Waals surface area contributed by atoms with Crippen LogP contribution in [0.4, 0.5) is 10.5 Å². The first-order chi connectivity index (χ1) is 10.9. The van der Waals surface area contributed by atoms with Crippen LogP contribution >= 0.6 is 23.2 Å². The van der Waals surface area contributed by atoms with E-state index in [0.29, 0.717) is 21.2 Å². The summed E-state index contributed by atoms with van der Waals surface area (Å²) in [7, 11) is 0. The Hall–Kier alpha value is -2.37. The number of nitrogens with zero attached hydrogens (tertiary/aromatic N) is 1. The van der Waals surface area contributed by atoms with Gasteiger partial charge in [-0.05, 0) is 48.0 Å². The Bertz CT molecular complexity index is 834. The van der Waals surface area contributed by atoms with Crippen LogP contribution in [0.3, 0.4) is 0 Å². The molecule has 3 rings (SSSR count). The summed E-state index contributed by atoms with van der Waals surface area (Å²) in [5.41, 5.74) is 6.22. The largest absolute Gasteiger partial charge is 0.351 e. The fraction of sp³-hybridized carbons (Fsp3) is 0.0625. The van der Waals surface area contributed by atoms with E-state index in [9.17, 15) is 14.4 Å². The lowest BCUT2D eigenvalue weighted by Gasteiger charge is -2.12. The number of carbonyl (C=O) groups is 3. The standard InChI is InChI=1S/C16H10Cl2N2O3/c17-9-3-1-8(2-4-9)14(21)13-11-7-10(18)5-6-12(11)20(15(13)22)16(19)23/h1-7,13H,(H2,19,23). The van der Waals surface area contributed by atoms with Crippen molar-refractivity contribution in [3.05, 3.63) is 63.6 Å². The van der Waals surface area contributed by atoms with E-state index in [1.54, 1.807) is 12.1 Å². The number of carbonyl (C=O) groups excluding carboxylic acids is 3. The van der Waals surface area contributed by atoms with Gasteiger partial charge in [0.1, 0.15) is 5.92 Å². The number of urea groups is 1. The van der Waals surface area contributed by atoms with E-state index < -0.39 is 23.6 Å². The number of amides is 3. The van der Waals surface area contributed by atoms with Crippen molar-refractivity contribution >= 4 is 46.6 Å². The molecule has 0 radical (unpaired) electrons. The molecule has 5 nitrogen and oxygen atoms in total. The first kappa shape index (κ1) is 15.5. The Morgan fingerprint density at radius 1 is 1.00 bits per heavy atom. The van der Waals surface area contributed by atoms with Crippen LogP contribution in [0.25, 0.3) is 0 Å². The van der Waals surface area contributed by atoms with Gasteiger partial charge in [-0.2, -0.15) is 0 Å². The number of rotatable bonds is 2. The number of ketones is 1. The second kappa shape index (κ2) is 5.68. The molecule has 1 unspecified atom stereocenters. The van der Waals surface area contributed by atoms with Crippen LogP contribution in [0.5, 0.6) is 0 Å². The minimum absolute atomic E-state index is 0.277. The second-order valence-electron chi connectivity index (χ2n) is 5.02. The summed E-state index contributed by atoms with van der Waals surface area (Å²) < 4.78 is 0. The minimum atomic E-state index is -1.16. The maximum absolute atomic E-state index is 12.7. The number of primary amides is 1. The molecule has 0 aliphatic carbocycles. The van der Waals surface area contributed by atoms with Crippen molar-refractivity contribution in [2.24, 2.45) is 5.73 Å². The quantitative estimate of drug-likeness (QED) is 0.667. The fourth-order valence-electron chi connectivity index (χ4n) is 2.60. The molecule has 0 aromatic heterocycles. The number of fused-ring (bicyclic) bond motifs is 1. The van der Waals surface area contributed by atoms with Gasteiger partial charge in [-0.15, -0.1) is 0 Å². The van der Waals surface area contributed by atoms with Gasteiger partial charge < -0.3 is 5.73 Å². The van der Waals surface area contributed by atoms with Crippen LogP contribution in [0.1, 0.15) is 21.8 Å². The summed E-state index contributed by atoms with van der Waals surface area (Å²) in [6, 6.07) is 9.73. The van der Waals surface area contributed by atoms with Crippen molar-refractivity contribution < 1.29 is 14.4 Å². The Labute approximate surface area is 141 Å². The van der Waals surface area contributed by atoms with E-state index in [-0.39, 0.29) is 5.69 Å². The lowest BCUT2D eigenvalue weighted by atomic mass is 9.92. The van der Waals surface area contributed by atoms with E-state index in [4.69, 9.17) is 28.9 Å². The van der Waals surface area contributed by atoms with Gasteiger partial charge in [-0.3, -0.25) is 9.59 Å². The van der Waals surface area contributed by atoms with E-state index in [0.717, 1.165) is 4.90 Å². The van der Waals surface area contributed by atoms with E-state index in [1.165, 1.54) is 30.3 Å². The maximum Gasteiger partial charge on any atom is 0.326 e. The zero-order chi connectivity index (χ0) is 16.7. The summed E-state index contributed by atoms with van der Waals surface area (Å²) >= 11 is 11.8. The molecular formula is C16H10Cl2N2O3. The lowest BCUT2D eigenvalue weighted by molar-refractivity contribution is -0.117.